The van der Waals surface area contributed by atoms with Crippen LogP contribution in [-0.4, -0.2) is 48.7 Å². The van der Waals surface area contributed by atoms with Gasteiger partial charge in [-0.05, 0) is 42.7 Å². The first kappa shape index (κ1) is 28.8. The molecular weight excluding hydrogens is 563 g/mol. The summed E-state index contributed by atoms with van der Waals surface area (Å²) in [6.45, 7) is 0.716. The van der Waals surface area contributed by atoms with Crippen LogP contribution in [0, 0.1) is 11.6 Å². The minimum atomic E-state index is -5.08. The van der Waals surface area contributed by atoms with Crippen molar-refractivity contribution >= 4 is 29.2 Å². The van der Waals surface area contributed by atoms with E-state index in [1.165, 1.54) is 6.07 Å². The van der Waals surface area contributed by atoms with Crippen molar-refractivity contribution in [3.05, 3.63) is 77.1 Å². The van der Waals surface area contributed by atoms with Crippen LogP contribution >= 0.6 is 11.6 Å². The van der Waals surface area contributed by atoms with E-state index >= 15 is 0 Å². The van der Waals surface area contributed by atoms with Crippen LogP contribution in [0.25, 0.3) is 5.69 Å². The maximum Gasteiger partial charge on any atom is 0.490 e. The summed E-state index contributed by atoms with van der Waals surface area (Å²) in [4.78, 5) is 17.6. The maximum absolute atomic E-state index is 13.9. The zero-order chi connectivity index (χ0) is 29.0. The smallest absolute Gasteiger partial charge is 0.490 e. The molecule has 0 bridgehead atoms. The monoisotopic (exact) mass is 584 g/mol. The van der Waals surface area contributed by atoms with Gasteiger partial charge in [0.1, 0.15) is 23.1 Å². The van der Waals surface area contributed by atoms with Crippen LogP contribution in [0.15, 0.2) is 48.9 Å². The molecule has 1 aliphatic rings. The quantitative estimate of drug-likeness (QED) is 0.273. The number of nitrogens with zero attached hydrogens (tertiary/aromatic N) is 5. The second-order valence-corrected chi connectivity index (χ2v) is 9.04. The molecule has 1 aliphatic heterocycles. The van der Waals surface area contributed by atoms with Crippen molar-refractivity contribution in [1.29, 1.82) is 0 Å². The number of halogens is 6. The molecule has 2 aromatic carbocycles. The van der Waals surface area contributed by atoms with Gasteiger partial charge in [-0.3, -0.25) is 0 Å². The van der Waals surface area contributed by atoms with Gasteiger partial charge in [-0.1, -0.05) is 24.1 Å². The van der Waals surface area contributed by atoms with Crippen molar-refractivity contribution in [2.45, 2.75) is 37.9 Å². The highest BCUT2D eigenvalue weighted by atomic mass is 35.5. The van der Waals surface area contributed by atoms with Gasteiger partial charge in [-0.15, -0.1) is 5.10 Å². The van der Waals surface area contributed by atoms with Gasteiger partial charge in [0, 0.05) is 30.4 Å². The molecule has 0 fully saturated rings. The number of carboxylic acid groups (broad SMARTS) is 1. The number of benzene rings is 2. The summed E-state index contributed by atoms with van der Waals surface area (Å²) >= 11 is 5.93. The average molecular weight is 585 g/mol. The Morgan fingerprint density at radius 2 is 1.90 bits per heavy atom. The number of anilines is 2. The molecule has 1 atom stereocenters. The molecule has 0 spiro atoms. The number of aryl methyl sites for hydroxylation is 1. The van der Waals surface area contributed by atoms with Crippen LogP contribution in [0.3, 0.4) is 0 Å². The van der Waals surface area contributed by atoms with E-state index in [1.54, 1.807) is 30.3 Å². The molecule has 0 saturated heterocycles. The van der Waals surface area contributed by atoms with Gasteiger partial charge >= 0.3 is 12.1 Å². The highest BCUT2D eigenvalue weighted by molar-refractivity contribution is 6.29. The van der Waals surface area contributed by atoms with Crippen LogP contribution in [0.1, 0.15) is 36.6 Å². The van der Waals surface area contributed by atoms with Crippen molar-refractivity contribution in [3.8, 4) is 11.4 Å². The molecular formula is C25H22ClF5N6O3. The number of ether oxygens (including phenoxy) is 1. The number of fused-ring (bicyclic) bond motifs is 1. The van der Waals surface area contributed by atoms with Crippen LogP contribution in [0.4, 0.5) is 33.6 Å². The summed E-state index contributed by atoms with van der Waals surface area (Å²) in [6, 6.07) is 9.63. The summed E-state index contributed by atoms with van der Waals surface area (Å²) in [5, 5.41) is 15.4. The van der Waals surface area contributed by atoms with Gasteiger partial charge in [0.15, 0.2) is 11.6 Å². The zero-order valence-corrected chi connectivity index (χ0v) is 21.5. The van der Waals surface area contributed by atoms with E-state index in [9.17, 15) is 22.0 Å². The predicted molar refractivity (Wildman–Crippen MR) is 134 cm³/mol. The van der Waals surface area contributed by atoms with Crippen LogP contribution in [0.5, 0.6) is 5.75 Å². The van der Waals surface area contributed by atoms with Gasteiger partial charge < -0.3 is 19.7 Å². The van der Waals surface area contributed by atoms with E-state index < -0.39 is 23.8 Å². The Morgan fingerprint density at radius 3 is 2.52 bits per heavy atom. The number of carboxylic acids is 1. The summed E-state index contributed by atoms with van der Waals surface area (Å²) < 4.78 is 68.2. The number of methoxy groups -OCH3 is 1. The minimum absolute atomic E-state index is 0.159. The molecule has 40 heavy (non-hydrogen) atoms. The number of nitrogens with one attached hydrogen (secondary N) is 1. The molecule has 9 nitrogen and oxygen atoms in total. The number of hydrogen-bond acceptors (Lipinski definition) is 6. The molecule has 3 heterocycles. The third kappa shape index (κ3) is 6.68. The Labute approximate surface area is 229 Å². The van der Waals surface area contributed by atoms with Crippen molar-refractivity contribution in [1.82, 2.24) is 24.3 Å². The van der Waals surface area contributed by atoms with Crippen molar-refractivity contribution in [2.24, 2.45) is 0 Å². The summed E-state index contributed by atoms with van der Waals surface area (Å²) in [7, 11) is 1.59. The van der Waals surface area contributed by atoms with E-state index in [-0.39, 0.29) is 5.92 Å². The lowest BCUT2D eigenvalue weighted by Crippen LogP contribution is -2.21. The Balaban J connectivity index is 0.000000470. The van der Waals surface area contributed by atoms with E-state index in [0.717, 1.165) is 42.5 Å². The first-order valence-corrected chi connectivity index (χ1v) is 12.2. The largest absolute Gasteiger partial charge is 0.494 e. The molecule has 5 rings (SSSR count). The molecule has 0 radical (unpaired) electrons. The van der Waals surface area contributed by atoms with E-state index in [0.29, 0.717) is 29.0 Å². The first-order valence-electron chi connectivity index (χ1n) is 11.8. The van der Waals surface area contributed by atoms with E-state index in [2.05, 4.69) is 15.4 Å². The van der Waals surface area contributed by atoms with Gasteiger partial charge in [-0.2, -0.15) is 18.2 Å². The molecule has 0 amide bonds. The predicted octanol–water partition coefficient (Wildman–Crippen LogP) is 6.10. The summed E-state index contributed by atoms with van der Waals surface area (Å²) in [5.74, 6) is -2.84. The van der Waals surface area contributed by atoms with Gasteiger partial charge in [0.2, 0.25) is 5.95 Å². The SMILES string of the molecule is COc1cc(Nc2nc3n(n2)CCCCC3c2ccc(F)c(F)c2)ccc1-n1cnc(Cl)c1.O=C(O)C(F)(F)F. The maximum atomic E-state index is 13.9. The van der Waals surface area contributed by atoms with Crippen molar-refractivity contribution in [3.63, 3.8) is 0 Å². The topological polar surface area (TPSA) is 107 Å². The Morgan fingerprint density at radius 1 is 1.15 bits per heavy atom. The third-order valence-electron chi connectivity index (χ3n) is 5.98. The van der Waals surface area contributed by atoms with Gasteiger partial charge in [0.25, 0.3) is 0 Å². The second-order valence-electron chi connectivity index (χ2n) is 8.66. The number of carbonyl (C=O) groups is 1. The third-order valence-corrected chi connectivity index (χ3v) is 6.17. The molecule has 4 aromatic rings. The lowest BCUT2D eigenvalue weighted by molar-refractivity contribution is -0.192. The van der Waals surface area contributed by atoms with Crippen LogP contribution in [0.2, 0.25) is 5.15 Å². The second kappa shape index (κ2) is 11.9. The van der Waals surface area contributed by atoms with E-state index in [1.807, 2.05) is 22.9 Å². The molecule has 2 aromatic heterocycles. The Kier molecular flexibility index (Phi) is 8.57. The number of aromatic nitrogens is 5. The van der Waals surface area contributed by atoms with Gasteiger partial charge in [-0.25, -0.2) is 23.2 Å². The lowest BCUT2D eigenvalue weighted by Gasteiger charge is -2.14. The zero-order valence-electron chi connectivity index (χ0n) is 20.8. The highest BCUT2D eigenvalue weighted by Crippen LogP contribution is 2.34. The normalized spacial score (nSPS) is 14.9. The number of aliphatic carboxylic acids is 1. The lowest BCUT2D eigenvalue weighted by atomic mass is 9.93. The fourth-order valence-corrected chi connectivity index (χ4v) is 4.29. The molecule has 15 heteroatoms. The summed E-state index contributed by atoms with van der Waals surface area (Å²) in [6.07, 6.45) is 0.901. The average Bonchev–Trinajstić information content (AvgIpc) is 3.46. The molecule has 2 N–H and O–H groups in total. The molecule has 0 saturated carbocycles. The standard InChI is InChI=1S/C23H21ClF2N6O.C2HF3O2/c1-33-20-11-15(6-8-19(20)31-12-21(24)27-13-31)28-23-29-22-16(4-2-3-9-32(22)30-23)14-5-7-17(25)18(26)10-14;3-2(4,5)1(6)7/h5-8,10-13,16H,2-4,9H2,1H3,(H,28,30);(H,6,7). The van der Waals surface area contributed by atoms with Gasteiger partial charge in [0.05, 0.1) is 12.8 Å². The fraction of sp³-hybridized carbons (Fsp3) is 0.280. The fourth-order valence-electron chi connectivity index (χ4n) is 4.14. The van der Waals surface area contributed by atoms with Crippen LogP contribution in [-0.2, 0) is 11.3 Å². The Hall–Kier alpha value is -4.20. The molecule has 1 unspecified atom stereocenters. The van der Waals surface area contributed by atoms with E-state index in [4.69, 9.17) is 31.2 Å². The van der Waals surface area contributed by atoms with Crippen molar-refractivity contribution in [2.75, 3.05) is 12.4 Å². The molecule has 212 valence electrons. The number of imidazole rings is 1. The Bertz CT molecular complexity index is 1510. The molecule has 0 aliphatic carbocycles. The first-order chi connectivity index (χ1) is 19.0. The van der Waals surface area contributed by atoms with Crippen LogP contribution < -0.4 is 10.1 Å². The minimum Gasteiger partial charge on any atom is -0.494 e. The highest BCUT2D eigenvalue weighted by Gasteiger charge is 2.38. The number of alkyl halides is 3. The number of rotatable bonds is 5. The number of hydrogen-bond donors (Lipinski definition) is 2. The van der Waals surface area contributed by atoms with Crippen molar-refractivity contribution < 1.29 is 36.6 Å². The summed E-state index contributed by atoms with van der Waals surface area (Å²) in [5.41, 5.74) is 2.22.